The summed E-state index contributed by atoms with van der Waals surface area (Å²) in [6, 6.07) is 7.37. The number of nitrogens with zero attached hydrogens (tertiary/aromatic N) is 10. The number of ether oxygens (including phenoxy) is 1. The van der Waals surface area contributed by atoms with Gasteiger partial charge in [-0.2, -0.15) is 10.2 Å². The maximum absolute atomic E-state index is 14.3. The predicted molar refractivity (Wildman–Crippen MR) is 227 cm³/mol. The maximum atomic E-state index is 14.3. The van der Waals surface area contributed by atoms with Crippen LogP contribution in [0.2, 0.25) is 0 Å². The number of amides is 3. The highest BCUT2D eigenvalue weighted by atomic mass is 19.3. The van der Waals surface area contributed by atoms with Crippen molar-refractivity contribution < 1.29 is 27.9 Å². The summed E-state index contributed by atoms with van der Waals surface area (Å²) >= 11 is 0. The highest BCUT2D eigenvalue weighted by molar-refractivity contribution is 6.08. The van der Waals surface area contributed by atoms with E-state index < -0.39 is 30.0 Å². The van der Waals surface area contributed by atoms with Gasteiger partial charge in [-0.1, -0.05) is 12.1 Å². The fourth-order valence-electron chi connectivity index (χ4n) is 11.2. The molecule has 4 aliphatic heterocycles. The first-order chi connectivity index (χ1) is 30.6. The Morgan fingerprint density at radius 1 is 0.984 bits per heavy atom. The Hall–Kier alpha value is -5.53. The van der Waals surface area contributed by atoms with Gasteiger partial charge in [0.05, 0.1) is 47.7 Å². The molecule has 6 aliphatic rings. The van der Waals surface area contributed by atoms with Gasteiger partial charge in [0.25, 0.3) is 12.3 Å². The molecule has 63 heavy (non-hydrogen) atoms. The Morgan fingerprint density at radius 3 is 2.51 bits per heavy atom. The van der Waals surface area contributed by atoms with Crippen LogP contribution in [0.25, 0.3) is 16.7 Å². The molecule has 2 aliphatic carbocycles. The first-order valence-electron chi connectivity index (χ1n) is 22.5. The molecule has 0 spiro atoms. The highest BCUT2D eigenvalue weighted by Crippen LogP contribution is 2.50. The molecule has 11 rings (SSSR count). The van der Waals surface area contributed by atoms with Crippen LogP contribution in [0.5, 0.6) is 0 Å². The number of piperidine rings is 1. The number of hydrogen-bond acceptors (Lipinski definition) is 11. The summed E-state index contributed by atoms with van der Waals surface area (Å²) in [5.74, 6) is 0.806. The van der Waals surface area contributed by atoms with Gasteiger partial charge in [-0.15, -0.1) is 0 Å². The standard InChI is InChI=1S/C44H52F2N12O5/c1-52-39-30(3-2-4-34(39)58(44(52)62)35-9-10-37(59)50-43(35)61)31-17-26(31)21-54-15-13-53(14-16-54)20-25-5-7-27(8-6-25)57-23-33(38(51-57)40(45)46)48-42(60)32-19-47-56-12-11-36(49-41(32)56)55-22-29-18-28(55)24-63-29/h2-4,11-12,19,23,25-29,31,35,40H,5-10,13-18,20-22,24H2,1H3,(H,48,60)(H,50,59,61)/t25?,26-,27?,28-,29-,31+,35?/m1/s1. The summed E-state index contributed by atoms with van der Waals surface area (Å²) in [5, 5.41) is 13.7. The average molecular weight is 867 g/mol. The number of carbonyl (C=O) groups is 3. The minimum atomic E-state index is -2.85. The molecule has 3 amide bonds. The summed E-state index contributed by atoms with van der Waals surface area (Å²) in [7, 11) is 1.77. The number of imide groups is 1. The molecule has 6 fully saturated rings. The van der Waals surface area contributed by atoms with Crippen LogP contribution in [0.15, 0.2) is 47.7 Å². The van der Waals surface area contributed by atoms with E-state index in [0.717, 1.165) is 107 Å². The summed E-state index contributed by atoms with van der Waals surface area (Å²) in [4.78, 5) is 63.6. The first kappa shape index (κ1) is 40.3. The lowest BCUT2D eigenvalue weighted by Crippen LogP contribution is -2.48. The van der Waals surface area contributed by atoms with E-state index in [2.05, 4.69) is 41.6 Å². The van der Waals surface area contributed by atoms with Crippen molar-refractivity contribution in [2.75, 3.05) is 62.6 Å². The van der Waals surface area contributed by atoms with Crippen LogP contribution in [0.4, 0.5) is 20.3 Å². The van der Waals surface area contributed by atoms with Gasteiger partial charge in [-0.25, -0.2) is 23.1 Å². The van der Waals surface area contributed by atoms with Crippen LogP contribution in [-0.2, 0) is 21.4 Å². The number of halogens is 2. The van der Waals surface area contributed by atoms with Gasteiger partial charge < -0.3 is 24.8 Å². The Morgan fingerprint density at radius 2 is 1.78 bits per heavy atom. The molecule has 0 radical (unpaired) electrons. The van der Waals surface area contributed by atoms with E-state index in [1.165, 1.54) is 10.7 Å². The van der Waals surface area contributed by atoms with Gasteiger partial charge >= 0.3 is 5.69 Å². The second kappa shape index (κ2) is 15.9. The Kier molecular flexibility index (Phi) is 10.2. The lowest BCUT2D eigenvalue weighted by molar-refractivity contribution is -0.135. The summed E-state index contributed by atoms with van der Waals surface area (Å²) in [6.07, 6.45) is 8.18. The van der Waals surface area contributed by atoms with Crippen molar-refractivity contribution in [3.8, 4) is 0 Å². The lowest BCUT2D eigenvalue weighted by Gasteiger charge is -2.38. The second-order valence-corrected chi connectivity index (χ2v) is 18.5. The molecule has 5 atom stereocenters. The van der Waals surface area contributed by atoms with Crippen molar-refractivity contribution in [2.45, 2.75) is 87.9 Å². The largest absolute Gasteiger partial charge is 0.374 e. The third-order valence-corrected chi connectivity index (χ3v) is 14.7. The number of benzene rings is 1. The number of para-hydroxylation sites is 1. The van der Waals surface area contributed by atoms with Crippen LogP contribution >= 0.6 is 0 Å². The monoisotopic (exact) mass is 866 g/mol. The zero-order chi connectivity index (χ0) is 43.1. The topological polar surface area (TPSA) is 169 Å². The zero-order valence-corrected chi connectivity index (χ0v) is 35.2. The molecule has 1 unspecified atom stereocenters. The van der Waals surface area contributed by atoms with E-state index in [1.54, 1.807) is 33.3 Å². The van der Waals surface area contributed by atoms with Gasteiger partial charge in [0.1, 0.15) is 17.4 Å². The molecule has 2 saturated carbocycles. The normalized spacial score (nSPS) is 27.9. The quantitative estimate of drug-likeness (QED) is 0.185. The number of imidazole rings is 1. The van der Waals surface area contributed by atoms with Gasteiger partial charge in [-0.3, -0.25) is 33.5 Å². The number of morpholine rings is 1. The number of anilines is 2. The second-order valence-electron chi connectivity index (χ2n) is 18.5. The molecule has 5 aromatic rings. The number of aromatic nitrogens is 7. The number of piperazine rings is 1. The number of hydrogen-bond donors (Lipinski definition) is 2. The summed E-state index contributed by atoms with van der Waals surface area (Å²) in [5.41, 5.74) is 2.65. The molecule has 4 aromatic heterocycles. The molecule has 1 aromatic carbocycles. The molecule has 2 N–H and O–H groups in total. The van der Waals surface area contributed by atoms with E-state index in [1.807, 2.05) is 18.2 Å². The minimum Gasteiger partial charge on any atom is -0.374 e. The van der Waals surface area contributed by atoms with Crippen molar-refractivity contribution >= 4 is 45.9 Å². The van der Waals surface area contributed by atoms with Crippen LogP contribution < -0.4 is 21.2 Å². The van der Waals surface area contributed by atoms with Gasteiger partial charge in [0.2, 0.25) is 11.8 Å². The number of rotatable bonds is 11. The third-order valence-electron chi connectivity index (χ3n) is 14.7. The molecule has 332 valence electrons. The first-order valence-corrected chi connectivity index (χ1v) is 22.5. The molecule has 19 heteroatoms. The molecule has 17 nitrogen and oxygen atoms in total. The number of fused-ring (bicyclic) bond motifs is 4. The van der Waals surface area contributed by atoms with Gasteiger partial charge in [0, 0.05) is 71.7 Å². The molecule has 4 saturated heterocycles. The van der Waals surface area contributed by atoms with Crippen molar-refractivity contribution in [2.24, 2.45) is 18.9 Å². The van der Waals surface area contributed by atoms with E-state index in [4.69, 9.17) is 9.72 Å². The zero-order valence-electron chi connectivity index (χ0n) is 35.2. The third kappa shape index (κ3) is 7.40. The van der Waals surface area contributed by atoms with Crippen molar-refractivity contribution in [1.82, 2.24) is 48.6 Å². The Labute approximate surface area is 361 Å². The van der Waals surface area contributed by atoms with Crippen molar-refractivity contribution in [1.29, 1.82) is 0 Å². The Bertz CT molecular complexity index is 2660. The lowest BCUT2D eigenvalue weighted by atomic mass is 9.85. The van der Waals surface area contributed by atoms with E-state index >= 15 is 0 Å². The average Bonchev–Trinajstić information content (AvgIpc) is 3.81. The predicted octanol–water partition coefficient (Wildman–Crippen LogP) is 3.88. The molecular formula is C44H52F2N12O5. The molecule has 2 bridgehead atoms. The number of alkyl halides is 2. The summed E-state index contributed by atoms with van der Waals surface area (Å²) in [6.45, 7) is 7.37. The van der Waals surface area contributed by atoms with E-state index in [9.17, 15) is 28.0 Å². The fourth-order valence-corrected chi connectivity index (χ4v) is 11.2. The number of carbonyl (C=O) groups excluding carboxylic acids is 3. The van der Waals surface area contributed by atoms with Crippen molar-refractivity contribution in [3.05, 3.63) is 70.2 Å². The highest BCUT2D eigenvalue weighted by Gasteiger charge is 2.43. The maximum Gasteiger partial charge on any atom is 0.329 e. The van der Waals surface area contributed by atoms with Crippen LogP contribution in [-0.4, -0.2) is 126 Å². The van der Waals surface area contributed by atoms with Crippen LogP contribution in [0, 0.1) is 11.8 Å². The minimum absolute atomic E-state index is 0.00329. The van der Waals surface area contributed by atoms with Gasteiger partial charge in [-0.05, 0) is 80.4 Å². The van der Waals surface area contributed by atoms with E-state index in [0.29, 0.717) is 36.4 Å². The fraction of sp³-hybridized carbons (Fsp3) is 0.568. The Balaban J connectivity index is 0.668. The number of nitrogens with one attached hydrogen (secondary N) is 2. The summed E-state index contributed by atoms with van der Waals surface area (Å²) < 4.78 is 40.8. The smallest absolute Gasteiger partial charge is 0.329 e. The van der Waals surface area contributed by atoms with Crippen LogP contribution in [0.1, 0.15) is 97.4 Å². The SMILES string of the molecule is Cn1c(=O)n(C2CCC(=O)NC2=O)c2cccc([C@H]3C[C@@H]3CN3CCN(CC4CCC(n5cc(NC(=O)c6cnn7ccc(N8C[C@H]9C[C@@H]8CO9)nc67)c(C(F)F)n5)CC4)CC3)c21. The van der Waals surface area contributed by atoms with Crippen LogP contribution in [0.3, 0.4) is 0 Å². The van der Waals surface area contributed by atoms with Gasteiger partial charge in [0.15, 0.2) is 11.3 Å². The molecule has 8 heterocycles. The molecular weight excluding hydrogens is 815 g/mol. The number of aryl methyl sites for hydroxylation is 1. The van der Waals surface area contributed by atoms with Crippen molar-refractivity contribution in [3.63, 3.8) is 0 Å². The van der Waals surface area contributed by atoms with E-state index in [-0.39, 0.29) is 47.5 Å².